The van der Waals surface area contributed by atoms with Crippen LogP contribution in [-0.2, 0) is 5.60 Å². The molecule has 0 saturated heterocycles. The molecule has 1 aromatic heterocycles. The van der Waals surface area contributed by atoms with Crippen molar-refractivity contribution in [2.24, 2.45) is 0 Å². The Morgan fingerprint density at radius 2 is 1.81 bits per heavy atom. The summed E-state index contributed by atoms with van der Waals surface area (Å²) in [5, 5.41) is 14.0. The second-order valence-electron chi connectivity index (χ2n) is 4.40. The Balaban J connectivity index is 2.60. The zero-order chi connectivity index (χ0) is 11.8. The van der Waals surface area contributed by atoms with Crippen LogP contribution in [0.5, 0.6) is 0 Å². The van der Waals surface area contributed by atoms with E-state index < -0.39 is 5.60 Å². The maximum Gasteiger partial charge on any atom is 0.173 e. The highest BCUT2D eigenvalue weighted by molar-refractivity contribution is 5.63. The molecular weight excluding hydrogens is 202 g/mol. The fourth-order valence-electron chi connectivity index (χ4n) is 1.88. The van der Waals surface area contributed by atoms with E-state index in [-0.39, 0.29) is 0 Å². The summed E-state index contributed by atoms with van der Waals surface area (Å²) in [5.74, 6) is 0.644. The fraction of sp³-hybridized carbons (Fsp3) is 0.308. The molecule has 16 heavy (non-hydrogen) atoms. The molecule has 0 amide bonds. The van der Waals surface area contributed by atoms with Gasteiger partial charge in [0.05, 0.1) is 16.9 Å². The van der Waals surface area contributed by atoms with Crippen molar-refractivity contribution in [1.82, 2.24) is 5.16 Å². The summed E-state index contributed by atoms with van der Waals surface area (Å²) in [6.45, 7) is 5.31. The Bertz CT molecular complexity index is 480. The Kier molecular flexibility index (Phi) is 2.56. The Morgan fingerprint density at radius 1 is 1.19 bits per heavy atom. The summed E-state index contributed by atoms with van der Waals surface area (Å²) < 4.78 is 5.30. The van der Waals surface area contributed by atoms with Gasteiger partial charge in [-0.3, -0.25) is 0 Å². The van der Waals surface area contributed by atoms with E-state index in [1.165, 1.54) is 0 Å². The van der Waals surface area contributed by atoms with Crippen LogP contribution >= 0.6 is 0 Å². The highest BCUT2D eigenvalue weighted by atomic mass is 16.5. The van der Waals surface area contributed by atoms with Crippen LogP contribution in [0, 0.1) is 6.92 Å². The number of nitrogens with zero attached hydrogens (tertiary/aromatic N) is 1. The minimum atomic E-state index is -0.949. The highest BCUT2D eigenvalue weighted by Crippen LogP contribution is 2.33. The van der Waals surface area contributed by atoms with Crippen molar-refractivity contribution in [3.63, 3.8) is 0 Å². The second-order valence-corrected chi connectivity index (χ2v) is 4.40. The average molecular weight is 217 g/mol. The SMILES string of the molecule is Cc1noc(-c2ccccc2)c1C(C)(C)O. The van der Waals surface area contributed by atoms with E-state index in [9.17, 15) is 5.11 Å². The molecule has 0 saturated carbocycles. The van der Waals surface area contributed by atoms with Crippen LogP contribution in [0.15, 0.2) is 34.9 Å². The van der Waals surface area contributed by atoms with Gasteiger partial charge in [0.2, 0.25) is 0 Å². The molecule has 84 valence electrons. The van der Waals surface area contributed by atoms with Crippen LogP contribution in [-0.4, -0.2) is 10.3 Å². The molecular formula is C13H15NO2. The Hall–Kier alpha value is -1.61. The molecule has 2 aromatic rings. The van der Waals surface area contributed by atoms with Crippen molar-refractivity contribution >= 4 is 0 Å². The van der Waals surface area contributed by atoms with Gasteiger partial charge >= 0.3 is 0 Å². The largest absolute Gasteiger partial charge is 0.386 e. The number of hydrogen-bond acceptors (Lipinski definition) is 3. The molecule has 1 N–H and O–H groups in total. The summed E-state index contributed by atoms with van der Waals surface area (Å²) in [7, 11) is 0. The molecule has 0 unspecified atom stereocenters. The Morgan fingerprint density at radius 3 is 2.38 bits per heavy atom. The lowest BCUT2D eigenvalue weighted by atomic mass is 9.94. The quantitative estimate of drug-likeness (QED) is 0.841. The molecule has 0 atom stereocenters. The van der Waals surface area contributed by atoms with Crippen LogP contribution in [0.2, 0.25) is 0 Å². The van der Waals surface area contributed by atoms with E-state index in [0.717, 1.165) is 16.8 Å². The molecule has 1 heterocycles. The summed E-state index contributed by atoms with van der Waals surface area (Å²) in [5.41, 5.74) is 1.46. The lowest BCUT2D eigenvalue weighted by molar-refractivity contribution is 0.0781. The standard InChI is InChI=1S/C13H15NO2/c1-9-11(13(2,3)15)12(16-14-9)10-7-5-4-6-8-10/h4-8,15H,1-3H3. The summed E-state index contributed by atoms with van der Waals surface area (Å²) in [6.07, 6.45) is 0. The van der Waals surface area contributed by atoms with Gasteiger partial charge in [-0.25, -0.2) is 0 Å². The van der Waals surface area contributed by atoms with Crippen LogP contribution < -0.4 is 0 Å². The molecule has 0 radical (unpaired) electrons. The predicted octanol–water partition coefficient (Wildman–Crippen LogP) is 2.88. The number of hydrogen-bond donors (Lipinski definition) is 1. The van der Waals surface area contributed by atoms with Gasteiger partial charge in [-0.05, 0) is 20.8 Å². The van der Waals surface area contributed by atoms with Crippen LogP contribution in [0.25, 0.3) is 11.3 Å². The minimum absolute atomic E-state index is 0.644. The number of rotatable bonds is 2. The van der Waals surface area contributed by atoms with Crippen LogP contribution in [0.1, 0.15) is 25.1 Å². The maximum atomic E-state index is 10.1. The predicted molar refractivity (Wildman–Crippen MR) is 61.9 cm³/mol. The lowest BCUT2D eigenvalue weighted by Crippen LogP contribution is -2.17. The number of aromatic nitrogens is 1. The van der Waals surface area contributed by atoms with Crippen LogP contribution in [0.4, 0.5) is 0 Å². The fourth-order valence-corrected chi connectivity index (χ4v) is 1.88. The van der Waals surface area contributed by atoms with Gasteiger partial charge in [0.25, 0.3) is 0 Å². The Labute approximate surface area is 94.7 Å². The van der Waals surface area contributed by atoms with Crippen molar-refractivity contribution in [3.8, 4) is 11.3 Å². The number of aryl methyl sites for hydroxylation is 1. The number of aliphatic hydroxyl groups is 1. The topological polar surface area (TPSA) is 46.3 Å². The van der Waals surface area contributed by atoms with E-state index in [0.29, 0.717) is 5.76 Å². The summed E-state index contributed by atoms with van der Waals surface area (Å²) >= 11 is 0. The van der Waals surface area contributed by atoms with E-state index in [1.807, 2.05) is 37.3 Å². The summed E-state index contributed by atoms with van der Waals surface area (Å²) in [6, 6.07) is 9.68. The normalized spacial score (nSPS) is 11.8. The molecule has 0 bridgehead atoms. The molecule has 0 aliphatic carbocycles. The first-order valence-corrected chi connectivity index (χ1v) is 5.24. The molecule has 1 aromatic carbocycles. The third-order valence-electron chi connectivity index (χ3n) is 2.51. The van der Waals surface area contributed by atoms with Gasteiger partial charge < -0.3 is 9.63 Å². The first-order valence-electron chi connectivity index (χ1n) is 5.24. The maximum absolute atomic E-state index is 10.1. The van der Waals surface area contributed by atoms with Crippen molar-refractivity contribution in [3.05, 3.63) is 41.6 Å². The van der Waals surface area contributed by atoms with E-state index in [1.54, 1.807) is 13.8 Å². The van der Waals surface area contributed by atoms with E-state index in [2.05, 4.69) is 5.16 Å². The van der Waals surface area contributed by atoms with Gasteiger partial charge in [-0.1, -0.05) is 35.5 Å². The molecule has 0 aliphatic rings. The molecule has 0 fully saturated rings. The smallest absolute Gasteiger partial charge is 0.173 e. The zero-order valence-corrected chi connectivity index (χ0v) is 9.69. The van der Waals surface area contributed by atoms with Crippen molar-refractivity contribution in [2.45, 2.75) is 26.4 Å². The minimum Gasteiger partial charge on any atom is -0.386 e. The average Bonchev–Trinajstić information content (AvgIpc) is 2.61. The highest BCUT2D eigenvalue weighted by Gasteiger charge is 2.27. The monoisotopic (exact) mass is 217 g/mol. The lowest BCUT2D eigenvalue weighted by Gasteiger charge is -2.17. The first-order chi connectivity index (χ1) is 7.50. The van der Waals surface area contributed by atoms with E-state index in [4.69, 9.17) is 4.52 Å². The van der Waals surface area contributed by atoms with Crippen LogP contribution in [0.3, 0.4) is 0 Å². The summed E-state index contributed by atoms with van der Waals surface area (Å²) in [4.78, 5) is 0. The molecule has 3 heteroatoms. The number of benzene rings is 1. The van der Waals surface area contributed by atoms with Gasteiger partial charge in [0.1, 0.15) is 0 Å². The molecule has 0 aliphatic heterocycles. The van der Waals surface area contributed by atoms with Gasteiger partial charge in [-0.15, -0.1) is 0 Å². The third-order valence-corrected chi connectivity index (χ3v) is 2.51. The van der Waals surface area contributed by atoms with Gasteiger partial charge in [0, 0.05) is 5.56 Å². The van der Waals surface area contributed by atoms with Crippen molar-refractivity contribution < 1.29 is 9.63 Å². The first kappa shape index (κ1) is 10.9. The van der Waals surface area contributed by atoms with Crippen molar-refractivity contribution in [1.29, 1.82) is 0 Å². The van der Waals surface area contributed by atoms with Crippen molar-refractivity contribution in [2.75, 3.05) is 0 Å². The van der Waals surface area contributed by atoms with Gasteiger partial charge in [0.15, 0.2) is 5.76 Å². The van der Waals surface area contributed by atoms with Gasteiger partial charge in [-0.2, -0.15) is 0 Å². The zero-order valence-electron chi connectivity index (χ0n) is 9.69. The second kappa shape index (κ2) is 3.76. The molecule has 3 nitrogen and oxygen atoms in total. The molecule has 0 spiro atoms. The van der Waals surface area contributed by atoms with E-state index >= 15 is 0 Å². The third kappa shape index (κ3) is 1.86. The molecule has 2 rings (SSSR count).